The van der Waals surface area contributed by atoms with E-state index in [9.17, 15) is 4.79 Å². The summed E-state index contributed by atoms with van der Waals surface area (Å²) in [6.45, 7) is 0. The summed E-state index contributed by atoms with van der Waals surface area (Å²) in [5, 5.41) is 8.20. The number of aliphatic carboxylic acids is 1. The van der Waals surface area contributed by atoms with Gasteiger partial charge in [-0.3, -0.25) is 0 Å². The molecule has 0 heterocycles. The van der Waals surface area contributed by atoms with Crippen LogP contribution in [0.25, 0.3) is 0 Å². The van der Waals surface area contributed by atoms with E-state index in [1.807, 2.05) is 24.1 Å². The Bertz CT molecular complexity index is 308. The summed E-state index contributed by atoms with van der Waals surface area (Å²) in [5.41, 5.74) is 0.718. The summed E-state index contributed by atoms with van der Waals surface area (Å²) in [6, 6.07) is 9.00. The number of hydrogen-bond acceptors (Lipinski definition) is 1. The fourth-order valence-corrected chi connectivity index (χ4v) is 0.647. The molecular formula is C9H7CsO2. The van der Waals surface area contributed by atoms with Crippen molar-refractivity contribution in [3.8, 4) is 11.8 Å². The van der Waals surface area contributed by atoms with Crippen LogP contribution in [0.5, 0.6) is 0 Å². The molecule has 0 amide bonds. The summed E-state index contributed by atoms with van der Waals surface area (Å²) in [7, 11) is 0. The molecule has 0 aliphatic rings. The van der Waals surface area contributed by atoms with Crippen molar-refractivity contribution in [3.63, 3.8) is 0 Å². The number of hydrogen-bond donors (Lipinski definition) is 1. The van der Waals surface area contributed by atoms with Crippen LogP contribution in [0, 0.1) is 11.8 Å². The van der Waals surface area contributed by atoms with Crippen LogP contribution in [0.2, 0.25) is 0 Å². The SMILES string of the molecule is O=C(O)C#Cc1ccccc1.[CsH]. The third-order valence-electron chi connectivity index (χ3n) is 1.09. The number of benzene rings is 1. The van der Waals surface area contributed by atoms with Crippen LogP contribution >= 0.6 is 0 Å². The second-order valence-electron chi connectivity index (χ2n) is 1.92. The van der Waals surface area contributed by atoms with Gasteiger partial charge in [-0.05, 0) is 12.1 Å². The summed E-state index contributed by atoms with van der Waals surface area (Å²) in [4.78, 5) is 10.00. The van der Waals surface area contributed by atoms with Gasteiger partial charge in [0, 0.05) is 11.5 Å². The minimum atomic E-state index is -1.10. The number of carboxylic acids is 1. The Labute approximate surface area is 130 Å². The Morgan fingerprint density at radius 3 is 2.33 bits per heavy atom. The average Bonchev–Trinajstić information content (AvgIpc) is 2.03. The fourth-order valence-electron chi connectivity index (χ4n) is 0.647. The van der Waals surface area contributed by atoms with Gasteiger partial charge < -0.3 is 5.11 Å². The third-order valence-corrected chi connectivity index (χ3v) is 1.09. The first-order valence-corrected chi connectivity index (χ1v) is 3.09. The van der Waals surface area contributed by atoms with E-state index >= 15 is 0 Å². The molecule has 12 heavy (non-hydrogen) atoms. The van der Waals surface area contributed by atoms with Crippen LogP contribution in [-0.2, 0) is 4.79 Å². The Hall–Kier alpha value is 0.302. The molecule has 0 fully saturated rings. The summed E-state index contributed by atoms with van der Waals surface area (Å²) in [5.74, 6) is 3.42. The molecule has 1 aromatic rings. The van der Waals surface area contributed by atoms with Crippen LogP contribution in [-0.4, -0.2) is 80.0 Å². The number of carbonyl (C=O) groups is 1. The van der Waals surface area contributed by atoms with E-state index in [-0.39, 0.29) is 68.9 Å². The van der Waals surface area contributed by atoms with Crippen molar-refractivity contribution in [2.45, 2.75) is 0 Å². The van der Waals surface area contributed by atoms with Crippen molar-refractivity contribution >= 4 is 74.9 Å². The van der Waals surface area contributed by atoms with Gasteiger partial charge in [-0.15, -0.1) is 0 Å². The van der Waals surface area contributed by atoms with Crippen LogP contribution < -0.4 is 0 Å². The van der Waals surface area contributed by atoms with Crippen LogP contribution in [0.15, 0.2) is 30.3 Å². The van der Waals surface area contributed by atoms with E-state index in [0.29, 0.717) is 0 Å². The molecule has 0 unspecified atom stereocenters. The van der Waals surface area contributed by atoms with Crippen molar-refractivity contribution in [1.82, 2.24) is 0 Å². The molecule has 0 spiro atoms. The molecule has 2 nitrogen and oxygen atoms in total. The zero-order valence-electron chi connectivity index (χ0n) is 5.74. The summed E-state index contributed by atoms with van der Waals surface area (Å²) in [6.07, 6.45) is 0. The standard InChI is InChI=1S/C9H6O2.Cs.H/c10-9(11)7-6-8-4-2-1-3-5-8;;/h1-5H,(H,10,11);;. The van der Waals surface area contributed by atoms with Gasteiger partial charge in [0.2, 0.25) is 0 Å². The van der Waals surface area contributed by atoms with E-state index in [2.05, 4.69) is 5.92 Å². The first-order chi connectivity index (χ1) is 5.29. The Morgan fingerprint density at radius 1 is 1.25 bits per heavy atom. The maximum atomic E-state index is 10.00. The van der Waals surface area contributed by atoms with Crippen LogP contribution in [0.1, 0.15) is 5.56 Å². The average molecular weight is 280 g/mol. The second kappa shape index (κ2) is 6.78. The molecule has 1 N–H and O–H groups in total. The summed E-state index contributed by atoms with van der Waals surface area (Å²) < 4.78 is 0. The fraction of sp³-hybridized carbons (Fsp3) is 0. The van der Waals surface area contributed by atoms with Gasteiger partial charge in [0.25, 0.3) is 0 Å². The number of carboxylic acid groups (broad SMARTS) is 1. The van der Waals surface area contributed by atoms with Gasteiger partial charge in [0.05, 0.1) is 0 Å². The maximum absolute atomic E-state index is 10.00. The Kier molecular flexibility index (Phi) is 6.95. The zero-order valence-corrected chi connectivity index (χ0v) is 5.74. The van der Waals surface area contributed by atoms with Crippen LogP contribution in [0.3, 0.4) is 0 Å². The molecule has 0 saturated carbocycles. The van der Waals surface area contributed by atoms with E-state index < -0.39 is 5.97 Å². The molecule has 0 radical (unpaired) electrons. The molecule has 3 heteroatoms. The van der Waals surface area contributed by atoms with Crippen molar-refractivity contribution in [3.05, 3.63) is 35.9 Å². The molecule has 0 bridgehead atoms. The molecule has 1 aromatic carbocycles. The van der Waals surface area contributed by atoms with Gasteiger partial charge >= 0.3 is 74.9 Å². The monoisotopic (exact) mass is 280 g/mol. The number of rotatable bonds is 0. The van der Waals surface area contributed by atoms with E-state index in [0.717, 1.165) is 5.56 Å². The van der Waals surface area contributed by atoms with E-state index in [1.165, 1.54) is 0 Å². The zero-order chi connectivity index (χ0) is 8.10. The summed E-state index contributed by atoms with van der Waals surface area (Å²) >= 11 is 0. The first kappa shape index (κ1) is 12.3. The van der Waals surface area contributed by atoms with Crippen molar-refractivity contribution in [2.75, 3.05) is 0 Å². The Morgan fingerprint density at radius 2 is 1.83 bits per heavy atom. The van der Waals surface area contributed by atoms with Crippen LogP contribution in [0.4, 0.5) is 0 Å². The van der Waals surface area contributed by atoms with Crippen molar-refractivity contribution in [2.24, 2.45) is 0 Å². The molecular weight excluding hydrogens is 273 g/mol. The van der Waals surface area contributed by atoms with Gasteiger partial charge in [0.15, 0.2) is 0 Å². The second-order valence-corrected chi connectivity index (χ2v) is 1.92. The molecule has 0 atom stereocenters. The molecule has 1 rings (SSSR count). The predicted octanol–water partition coefficient (Wildman–Crippen LogP) is 0.474. The van der Waals surface area contributed by atoms with Gasteiger partial charge in [0.1, 0.15) is 0 Å². The Balaban J connectivity index is 0.00000121. The van der Waals surface area contributed by atoms with Gasteiger partial charge in [-0.25, -0.2) is 4.79 Å². The molecule has 0 aromatic heterocycles. The van der Waals surface area contributed by atoms with Crippen molar-refractivity contribution in [1.29, 1.82) is 0 Å². The normalized spacial score (nSPS) is 7.33. The van der Waals surface area contributed by atoms with E-state index in [1.54, 1.807) is 12.1 Å². The van der Waals surface area contributed by atoms with Gasteiger partial charge in [-0.2, -0.15) is 0 Å². The third kappa shape index (κ3) is 5.04. The first-order valence-electron chi connectivity index (χ1n) is 3.09. The van der Waals surface area contributed by atoms with Gasteiger partial charge in [-0.1, -0.05) is 24.1 Å². The molecule has 0 aliphatic heterocycles. The topological polar surface area (TPSA) is 37.3 Å². The predicted molar refractivity (Wildman–Crippen MR) is 48.1 cm³/mol. The molecule has 56 valence electrons. The van der Waals surface area contributed by atoms with Crippen molar-refractivity contribution < 1.29 is 9.90 Å². The minimum absolute atomic E-state index is 0. The molecule has 0 saturated heterocycles. The van der Waals surface area contributed by atoms with E-state index in [4.69, 9.17) is 5.11 Å². The molecule has 0 aliphatic carbocycles. The quantitative estimate of drug-likeness (QED) is 0.702.